The van der Waals surface area contributed by atoms with Crippen LogP contribution in [0.5, 0.6) is 5.75 Å². The topological polar surface area (TPSA) is 69.6 Å². The molecule has 0 aromatic carbocycles. The van der Waals surface area contributed by atoms with Crippen LogP contribution in [0.25, 0.3) is 0 Å². The minimum Gasteiger partial charge on any atom is -0.485 e. The predicted octanol–water partition coefficient (Wildman–Crippen LogP) is 2.08. The monoisotopic (exact) mass is 342 g/mol. The summed E-state index contributed by atoms with van der Waals surface area (Å²) in [7, 11) is 1.52. The van der Waals surface area contributed by atoms with Crippen LogP contribution in [0.15, 0.2) is 4.79 Å². The van der Waals surface area contributed by atoms with Crippen LogP contribution in [0.1, 0.15) is 49.5 Å². The van der Waals surface area contributed by atoms with Gasteiger partial charge in [0.2, 0.25) is 0 Å². The number of aromatic nitrogens is 1. The summed E-state index contributed by atoms with van der Waals surface area (Å²) < 4.78 is 12.5. The minimum absolute atomic E-state index is 0.0485. The highest BCUT2D eigenvalue weighted by atomic mass is 35.5. The average Bonchev–Trinajstić information content (AvgIpc) is 2.46. The molecule has 1 N–H and O–H groups in total. The first-order valence-electron chi connectivity index (χ1n) is 7.61. The average molecular weight is 343 g/mol. The highest BCUT2D eigenvalue weighted by Gasteiger charge is 2.32. The summed E-state index contributed by atoms with van der Waals surface area (Å²) in [6.07, 6.45) is 0. The van der Waals surface area contributed by atoms with E-state index in [1.807, 2.05) is 27.7 Å². The zero-order valence-electron chi connectivity index (χ0n) is 14.2. The quantitative estimate of drug-likeness (QED) is 0.672. The van der Waals surface area contributed by atoms with Crippen molar-refractivity contribution in [1.82, 2.24) is 9.88 Å². The summed E-state index contributed by atoms with van der Waals surface area (Å²) >= 11 is 6.19. The van der Waals surface area contributed by atoms with Gasteiger partial charge < -0.3 is 14.8 Å². The third kappa shape index (κ3) is 3.70. The summed E-state index contributed by atoms with van der Waals surface area (Å²) in [6, 6.07) is 0. The standard InChI is InChI=1S/C16H23ClN2O4/c1-9-8-18-14(20)11-10(9)12(15(21)19(5)13(11)17)22-6-7-23-16(2,3)4/h9H,6-8H2,1-5H3,(H,18,20). The molecule has 1 aromatic rings. The lowest BCUT2D eigenvalue weighted by molar-refractivity contribution is -0.0166. The molecule has 1 aliphatic rings. The molecule has 0 saturated heterocycles. The number of rotatable bonds is 4. The van der Waals surface area contributed by atoms with Crippen molar-refractivity contribution in [1.29, 1.82) is 0 Å². The van der Waals surface area contributed by atoms with Crippen LogP contribution >= 0.6 is 11.6 Å². The molecule has 2 heterocycles. The highest BCUT2D eigenvalue weighted by molar-refractivity contribution is 6.33. The summed E-state index contributed by atoms with van der Waals surface area (Å²) in [5.74, 6) is -0.145. The van der Waals surface area contributed by atoms with E-state index in [1.54, 1.807) is 0 Å². The molecule has 1 aliphatic heterocycles. The Morgan fingerprint density at radius 2 is 1.96 bits per heavy atom. The summed E-state index contributed by atoms with van der Waals surface area (Å²) in [5.41, 5.74) is 0.281. The molecule has 0 aliphatic carbocycles. The predicted molar refractivity (Wildman–Crippen MR) is 88.6 cm³/mol. The maximum atomic E-state index is 12.5. The van der Waals surface area contributed by atoms with Gasteiger partial charge in [-0.3, -0.25) is 14.2 Å². The van der Waals surface area contributed by atoms with Gasteiger partial charge in [-0.05, 0) is 20.8 Å². The molecule has 1 unspecified atom stereocenters. The van der Waals surface area contributed by atoms with Crippen LogP contribution < -0.4 is 15.6 Å². The Labute approximate surface area is 140 Å². The van der Waals surface area contributed by atoms with Crippen LogP contribution in [-0.2, 0) is 11.8 Å². The molecule has 2 rings (SSSR count). The molecule has 7 heteroatoms. The number of carbonyl (C=O) groups excluding carboxylic acids is 1. The summed E-state index contributed by atoms with van der Waals surface area (Å²) in [5, 5.41) is 2.90. The molecule has 0 spiro atoms. The normalized spacial score (nSPS) is 17.7. The number of hydrogen-bond acceptors (Lipinski definition) is 4. The molecule has 23 heavy (non-hydrogen) atoms. The van der Waals surface area contributed by atoms with Gasteiger partial charge in [0, 0.05) is 25.1 Å². The zero-order chi connectivity index (χ0) is 17.4. The van der Waals surface area contributed by atoms with Crippen molar-refractivity contribution in [3.63, 3.8) is 0 Å². The fraction of sp³-hybridized carbons (Fsp3) is 0.625. The fourth-order valence-electron chi connectivity index (χ4n) is 2.50. The SMILES string of the molecule is CC1CNC(=O)c2c1c(OCCOC(C)(C)C)c(=O)n(C)c2Cl. The van der Waals surface area contributed by atoms with Crippen molar-refractivity contribution in [2.75, 3.05) is 19.8 Å². The van der Waals surface area contributed by atoms with E-state index < -0.39 is 0 Å². The largest absolute Gasteiger partial charge is 0.485 e. The zero-order valence-corrected chi connectivity index (χ0v) is 14.9. The fourth-order valence-corrected chi connectivity index (χ4v) is 2.77. The van der Waals surface area contributed by atoms with Gasteiger partial charge in [-0.25, -0.2) is 0 Å². The number of pyridine rings is 1. The maximum Gasteiger partial charge on any atom is 0.294 e. The third-order valence-corrected chi connectivity index (χ3v) is 4.11. The van der Waals surface area contributed by atoms with Gasteiger partial charge in [0.25, 0.3) is 11.5 Å². The number of halogens is 1. The molecule has 0 bridgehead atoms. The number of ether oxygens (including phenoxy) is 2. The van der Waals surface area contributed by atoms with Crippen molar-refractivity contribution in [3.05, 3.63) is 26.6 Å². The first-order valence-corrected chi connectivity index (χ1v) is 7.98. The van der Waals surface area contributed by atoms with E-state index in [1.165, 1.54) is 11.6 Å². The maximum absolute atomic E-state index is 12.5. The van der Waals surface area contributed by atoms with Gasteiger partial charge in [-0.2, -0.15) is 0 Å². The Kier molecular flexibility index (Phi) is 5.06. The second-order valence-electron chi connectivity index (χ2n) is 6.69. The first-order chi connectivity index (χ1) is 10.6. The highest BCUT2D eigenvalue weighted by Crippen LogP contribution is 2.33. The third-order valence-electron chi connectivity index (χ3n) is 3.67. The van der Waals surface area contributed by atoms with Gasteiger partial charge in [0.1, 0.15) is 11.8 Å². The lowest BCUT2D eigenvalue weighted by atomic mass is 9.92. The number of nitrogens with zero attached hydrogens (tertiary/aromatic N) is 1. The number of carbonyl (C=O) groups is 1. The molecule has 6 nitrogen and oxygen atoms in total. The first kappa shape index (κ1) is 17.8. The van der Waals surface area contributed by atoms with E-state index in [-0.39, 0.29) is 40.5 Å². The van der Waals surface area contributed by atoms with E-state index in [9.17, 15) is 9.59 Å². The Morgan fingerprint density at radius 1 is 1.30 bits per heavy atom. The number of hydrogen-bond donors (Lipinski definition) is 1. The second-order valence-corrected chi connectivity index (χ2v) is 7.05. The van der Waals surface area contributed by atoms with Crippen LogP contribution in [0.3, 0.4) is 0 Å². The van der Waals surface area contributed by atoms with Crippen molar-refractivity contribution in [2.45, 2.75) is 39.2 Å². The van der Waals surface area contributed by atoms with Gasteiger partial charge in [0.05, 0.1) is 17.8 Å². The van der Waals surface area contributed by atoms with Crippen molar-refractivity contribution in [3.8, 4) is 5.75 Å². The van der Waals surface area contributed by atoms with Crippen molar-refractivity contribution >= 4 is 17.5 Å². The van der Waals surface area contributed by atoms with Crippen LogP contribution in [0.2, 0.25) is 5.15 Å². The van der Waals surface area contributed by atoms with Gasteiger partial charge >= 0.3 is 0 Å². The molecular weight excluding hydrogens is 320 g/mol. The van der Waals surface area contributed by atoms with Gasteiger partial charge in [-0.1, -0.05) is 18.5 Å². The molecule has 1 amide bonds. The molecule has 0 fully saturated rings. The van der Waals surface area contributed by atoms with E-state index in [0.29, 0.717) is 24.3 Å². The Balaban J connectivity index is 2.36. The summed E-state index contributed by atoms with van der Waals surface area (Å²) in [4.78, 5) is 24.6. The molecule has 1 atom stereocenters. The molecule has 1 aromatic heterocycles. The van der Waals surface area contributed by atoms with E-state index in [0.717, 1.165) is 0 Å². The second kappa shape index (κ2) is 6.53. The van der Waals surface area contributed by atoms with Crippen molar-refractivity contribution in [2.24, 2.45) is 7.05 Å². The van der Waals surface area contributed by atoms with Crippen molar-refractivity contribution < 1.29 is 14.3 Å². The van der Waals surface area contributed by atoms with Crippen LogP contribution in [-0.4, -0.2) is 35.8 Å². The van der Waals surface area contributed by atoms with Crippen LogP contribution in [0.4, 0.5) is 0 Å². The number of amides is 1. The van der Waals surface area contributed by atoms with E-state index in [2.05, 4.69) is 5.32 Å². The molecule has 128 valence electrons. The molecular formula is C16H23ClN2O4. The van der Waals surface area contributed by atoms with Gasteiger partial charge in [0.15, 0.2) is 5.75 Å². The van der Waals surface area contributed by atoms with E-state index >= 15 is 0 Å². The number of fused-ring (bicyclic) bond motifs is 1. The Morgan fingerprint density at radius 3 is 2.57 bits per heavy atom. The lowest BCUT2D eigenvalue weighted by Gasteiger charge is -2.27. The Hall–Kier alpha value is -1.53. The smallest absolute Gasteiger partial charge is 0.294 e. The molecule has 0 saturated carbocycles. The van der Waals surface area contributed by atoms with Gasteiger partial charge in [-0.15, -0.1) is 0 Å². The van der Waals surface area contributed by atoms with Crippen LogP contribution in [0, 0.1) is 0 Å². The lowest BCUT2D eigenvalue weighted by Crippen LogP contribution is -2.38. The number of nitrogens with one attached hydrogen (secondary N) is 1. The summed E-state index contributed by atoms with van der Waals surface area (Å²) in [6.45, 7) is 8.80. The minimum atomic E-state index is -0.342. The van der Waals surface area contributed by atoms with E-state index in [4.69, 9.17) is 21.1 Å². The Bertz CT molecular complexity index is 676. The molecule has 0 radical (unpaired) electrons.